The Morgan fingerprint density at radius 2 is 2.00 bits per heavy atom. The van der Waals surface area contributed by atoms with Crippen molar-refractivity contribution in [3.63, 3.8) is 0 Å². The van der Waals surface area contributed by atoms with Gasteiger partial charge in [-0.1, -0.05) is 0 Å². The molecular weight excluding hydrogens is 270 g/mol. The zero-order chi connectivity index (χ0) is 15.0. The van der Waals surface area contributed by atoms with Crippen LogP contribution in [-0.2, 0) is 4.79 Å². The van der Waals surface area contributed by atoms with Gasteiger partial charge in [-0.15, -0.1) is 0 Å². The van der Waals surface area contributed by atoms with Gasteiger partial charge in [0.15, 0.2) is 0 Å². The van der Waals surface area contributed by atoms with Gasteiger partial charge >= 0.3 is 0 Å². The number of nitrogens with two attached hydrogens (primary N) is 1. The second-order valence-corrected chi connectivity index (χ2v) is 6.82. The molecule has 1 saturated heterocycles. The van der Waals surface area contributed by atoms with Gasteiger partial charge in [-0.05, 0) is 51.7 Å². The second kappa shape index (κ2) is 9.64. The Hall–Kier alpha value is -0.260. The molecular formula is C15H31N3OS. The van der Waals surface area contributed by atoms with Gasteiger partial charge in [0.25, 0.3) is 0 Å². The summed E-state index contributed by atoms with van der Waals surface area (Å²) in [6, 6.07) is 0.645. The molecule has 1 heterocycles. The third kappa shape index (κ3) is 5.62. The van der Waals surface area contributed by atoms with Gasteiger partial charge in [0.1, 0.15) is 0 Å². The van der Waals surface area contributed by atoms with E-state index in [1.807, 2.05) is 16.7 Å². The van der Waals surface area contributed by atoms with Crippen molar-refractivity contribution in [2.75, 3.05) is 38.7 Å². The lowest BCUT2D eigenvalue weighted by molar-refractivity contribution is -0.133. The molecule has 1 amide bonds. The molecule has 0 radical (unpaired) electrons. The highest BCUT2D eigenvalue weighted by Crippen LogP contribution is 2.15. The molecule has 2 N–H and O–H groups in total. The third-order valence-corrected chi connectivity index (χ3v) is 5.05. The Bertz CT molecular complexity index is 282. The molecule has 0 saturated carbocycles. The average Bonchev–Trinajstić information content (AvgIpc) is 2.50. The molecule has 1 aliphatic heterocycles. The van der Waals surface area contributed by atoms with E-state index < -0.39 is 0 Å². The molecule has 1 aliphatic rings. The number of likely N-dealkylation sites (N-methyl/N-ethyl adjacent to an activating group) is 1. The highest BCUT2D eigenvalue weighted by molar-refractivity contribution is 7.98. The van der Waals surface area contributed by atoms with Crippen LogP contribution < -0.4 is 5.73 Å². The van der Waals surface area contributed by atoms with Gasteiger partial charge in [-0.25, -0.2) is 0 Å². The lowest BCUT2D eigenvalue weighted by Gasteiger charge is -2.34. The summed E-state index contributed by atoms with van der Waals surface area (Å²) in [7, 11) is 2.10. The van der Waals surface area contributed by atoms with E-state index in [-0.39, 0.29) is 11.9 Å². The smallest absolute Gasteiger partial charge is 0.224 e. The monoisotopic (exact) mass is 301 g/mol. The number of thioether (sulfide) groups is 1. The molecule has 0 aromatic heterocycles. The first-order chi connectivity index (χ1) is 9.60. The Morgan fingerprint density at radius 1 is 1.35 bits per heavy atom. The number of rotatable bonds is 8. The second-order valence-electron chi connectivity index (χ2n) is 5.83. The van der Waals surface area contributed by atoms with Crippen LogP contribution in [0.5, 0.6) is 0 Å². The van der Waals surface area contributed by atoms with Crippen LogP contribution in [0.25, 0.3) is 0 Å². The van der Waals surface area contributed by atoms with Crippen LogP contribution >= 0.6 is 11.8 Å². The van der Waals surface area contributed by atoms with Crippen molar-refractivity contribution >= 4 is 17.7 Å². The largest absolute Gasteiger partial charge is 0.343 e. The molecule has 0 spiro atoms. The summed E-state index contributed by atoms with van der Waals surface area (Å²) in [6.45, 7) is 4.65. The molecule has 118 valence electrons. The number of carbonyl (C=O) groups excluding carboxylic acids is 1. The summed E-state index contributed by atoms with van der Waals surface area (Å²) in [4.78, 5) is 16.7. The van der Waals surface area contributed by atoms with E-state index in [0.29, 0.717) is 19.0 Å². The van der Waals surface area contributed by atoms with E-state index in [1.165, 1.54) is 6.42 Å². The summed E-state index contributed by atoms with van der Waals surface area (Å²) in [5.74, 6) is 1.44. The summed E-state index contributed by atoms with van der Waals surface area (Å²) in [6.07, 6.45) is 7.41. The quantitative estimate of drug-likeness (QED) is 0.742. The maximum absolute atomic E-state index is 12.3. The van der Waals surface area contributed by atoms with Crippen LogP contribution in [0.1, 0.15) is 39.0 Å². The van der Waals surface area contributed by atoms with E-state index in [4.69, 9.17) is 5.73 Å². The molecule has 4 nitrogen and oxygen atoms in total. The van der Waals surface area contributed by atoms with Gasteiger partial charge in [0.05, 0.1) is 0 Å². The number of carbonyl (C=O) groups is 1. The fraction of sp³-hybridized carbons (Fsp3) is 0.933. The molecule has 5 heteroatoms. The van der Waals surface area contributed by atoms with Gasteiger partial charge in [-0.3, -0.25) is 9.69 Å². The number of likely N-dealkylation sites (tertiary alicyclic amines) is 1. The van der Waals surface area contributed by atoms with E-state index in [2.05, 4.69) is 25.1 Å². The number of nitrogens with zero attached hydrogens (tertiary/aromatic N) is 2. The minimum Gasteiger partial charge on any atom is -0.343 e. The molecule has 0 aliphatic carbocycles. The zero-order valence-electron chi connectivity index (χ0n) is 13.3. The normalized spacial score (nSPS) is 19.1. The van der Waals surface area contributed by atoms with Gasteiger partial charge < -0.3 is 10.6 Å². The zero-order valence-corrected chi connectivity index (χ0v) is 14.1. The van der Waals surface area contributed by atoms with Crippen LogP contribution in [0, 0.1) is 0 Å². The van der Waals surface area contributed by atoms with E-state index >= 15 is 0 Å². The number of hydrogen-bond donors (Lipinski definition) is 1. The van der Waals surface area contributed by atoms with E-state index in [9.17, 15) is 4.79 Å². The maximum Gasteiger partial charge on any atom is 0.224 e. The molecule has 1 fully saturated rings. The first-order valence-electron chi connectivity index (χ1n) is 7.78. The molecule has 20 heavy (non-hydrogen) atoms. The predicted molar refractivity (Wildman–Crippen MR) is 88.1 cm³/mol. The fourth-order valence-corrected chi connectivity index (χ4v) is 3.30. The summed E-state index contributed by atoms with van der Waals surface area (Å²) < 4.78 is 0. The number of piperidine rings is 1. The van der Waals surface area contributed by atoms with Crippen molar-refractivity contribution in [3.05, 3.63) is 0 Å². The van der Waals surface area contributed by atoms with E-state index in [1.54, 1.807) is 0 Å². The summed E-state index contributed by atoms with van der Waals surface area (Å²) in [5, 5.41) is 0. The Kier molecular flexibility index (Phi) is 8.57. The minimum atomic E-state index is 0.168. The number of hydrogen-bond acceptors (Lipinski definition) is 4. The van der Waals surface area contributed by atoms with Crippen LogP contribution in [0.4, 0.5) is 0 Å². The Morgan fingerprint density at radius 3 is 2.55 bits per heavy atom. The van der Waals surface area contributed by atoms with E-state index in [0.717, 1.165) is 38.1 Å². The number of amides is 1. The van der Waals surface area contributed by atoms with Crippen molar-refractivity contribution in [1.82, 2.24) is 9.80 Å². The Balaban J connectivity index is 2.45. The SMILES string of the molecule is CSCCC(C)N(C)C(CN)CC(=O)N1CCCCC1. The summed E-state index contributed by atoms with van der Waals surface area (Å²) >= 11 is 1.87. The van der Waals surface area contributed by atoms with Crippen LogP contribution in [-0.4, -0.2) is 66.5 Å². The van der Waals surface area contributed by atoms with Crippen molar-refractivity contribution in [3.8, 4) is 0 Å². The average molecular weight is 302 g/mol. The molecule has 1 rings (SSSR count). The highest BCUT2D eigenvalue weighted by Gasteiger charge is 2.24. The van der Waals surface area contributed by atoms with Crippen molar-refractivity contribution in [2.45, 2.75) is 51.1 Å². The van der Waals surface area contributed by atoms with Crippen molar-refractivity contribution < 1.29 is 4.79 Å². The first kappa shape index (κ1) is 17.8. The standard InChI is InChI=1S/C15H31N3OS/c1-13(7-10-20-3)17(2)14(12-16)11-15(19)18-8-5-4-6-9-18/h13-14H,4-12,16H2,1-3H3. The van der Waals surface area contributed by atoms with Crippen molar-refractivity contribution in [1.29, 1.82) is 0 Å². The molecule has 0 aromatic rings. The lowest BCUT2D eigenvalue weighted by Crippen LogP contribution is -2.47. The molecule has 2 unspecified atom stereocenters. The lowest BCUT2D eigenvalue weighted by atomic mass is 10.1. The predicted octanol–water partition coefficient (Wildman–Crippen LogP) is 1.79. The van der Waals surface area contributed by atoms with Gasteiger partial charge in [0.2, 0.25) is 5.91 Å². The first-order valence-corrected chi connectivity index (χ1v) is 9.18. The molecule has 0 aromatic carbocycles. The fourth-order valence-electron chi connectivity index (χ4n) is 2.72. The van der Waals surface area contributed by atoms with Crippen LogP contribution in [0.15, 0.2) is 0 Å². The topological polar surface area (TPSA) is 49.6 Å². The summed E-state index contributed by atoms with van der Waals surface area (Å²) in [5.41, 5.74) is 5.90. The molecule has 2 atom stereocenters. The maximum atomic E-state index is 12.3. The van der Waals surface area contributed by atoms with Crippen molar-refractivity contribution in [2.24, 2.45) is 5.73 Å². The highest BCUT2D eigenvalue weighted by atomic mass is 32.2. The van der Waals surface area contributed by atoms with Crippen LogP contribution in [0.3, 0.4) is 0 Å². The van der Waals surface area contributed by atoms with Gasteiger partial charge in [0, 0.05) is 38.1 Å². The Labute approximate surface area is 128 Å². The van der Waals surface area contributed by atoms with Gasteiger partial charge in [-0.2, -0.15) is 11.8 Å². The van der Waals surface area contributed by atoms with Crippen LogP contribution in [0.2, 0.25) is 0 Å². The minimum absolute atomic E-state index is 0.168. The third-order valence-electron chi connectivity index (χ3n) is 4.40. The molecule has 0 bridgehead atoms.